The molecular formula is C10H11NO3. The van der Waals surface area contributed by atoms with Gasteiger partial charge in [0.1, 0.15) is 6.61 Å². The molecule has 74 valence electrons. The summed E-state index contributed by atoms with van der Waals surface area (Å²) in [5.41, 5.74) is 2.40. The molecule has 0 saturated carbocycles. The summed E-state index contributed by atoms with van der Waals surface area (Å²) in [6.07, 6.45) is 2.65. The first kappa shape index (κ1) is 10.3. The third kappa shape index (κ3) is 3.73. The van der Waals surface area contributed by atoms with Gasteiger partial charge in [-0.2, -0.15) is 0 Å². The van der Waals surface area contributed by atoms with E-state index >= 15 is 0 Å². The minimum atomic E-state index is -0.859. The molecule has 0 aliphatic heterocycles. The van der Waals surface area contributed by atoms with Crippen LogP contribution < -0.4 is 5.48 Å². The number of nitrogens with one attached hydrogen (secondary N) is 1. The van der Waals surface area contributed by atoms with Crippen LogP contribution in [0.15, 0.2) is 36.4 Å². The molecule has 0 unspecified atom stereocenters. The zero-order valence-corrected chi connectivity index (χ0v) is 7.51. The fourth-order valence-corrected chi connectivity index (χ4v) is 0.904. The predicted octanol–water partition coefficient (Wildman–Crippen LogP) is 1.82. The van der Waals surface area contributed by atoms with Gasteiger partial charge in [0, 0.05) is 0 Å². The molecule has 0 aliphatic carbocycles. The molecule has 0 bridgehead atoms. The van der Waals surface area contributed by atoms with Crippen molar-refractivity contribution in [3.8, 4) is 0 Å². The van der Waals surface area contributed by atoms with E-state index in [9.17, 15) is 4.79 Å². The lowest BCUT2D eigenvalue weighted by Gasteiger charge is -1.97. The standard InChI is InChI=1S/C10H11NO3/c12-10(11-13)14-8-4-7-9-5-2-1-3-6-9/h1-7,13H,8H2,(H,11,12)/b7-4-. The van der Waals surface area contributed by atoms with Crippen molar-refractivity contribution in [1.82, 2.24) is 5.48 Å². The third-order valence-electron chi connectivity index (χ3n) is 1.51. The number of ether oxygens (including phenoxy) is 1. The highest BCUT2D eigenvalue weighted by atomic mass is 16.6. The fourth-order valence-electron chi connectivity index (χ4n) is 0.904. The molecule has 0 spiro atoms. The smallest absolute Gasteiger partial charge is 0.431 e. The maximum Gasteiger partial charge on any atom is 0.431 e. The summed E-state index contributed by atoms with van der Waals surface area (Å²) in [5, 5.41) is 8.10. The number of hydrogen-bond acceptors (Lipinski definition) is 3. The normalized spacial score (nSPS) is 10.1. The first-order valence-corrected chi connectivity index (χ1v) is 4.11. The van der Waals surface area contributed by atoms with Crippen molar-refractivity contribution < 1.29 is 14.7 Å². The average Bonchev–Trinajstić information content (AvgIpc) is 2.25. The van der Waals surface area contributed by atoms with Crippen LogP contribution in [-0.2, 0) is 4.74 Å². The Kier molecular flexibility index (Phi) is 4.23. The molecule has 1 rings (SSSR count). The molecule has 4 nitrogen and oxygen atoms in total. The van der Waals surface area contributed by atoms with Gasteiger partial charge in [-0.3, -0.25) is 5.21 Å². The SMILES string of the molecule is O=C(NO)OC/C=C\c1ccccc1. The Morgan fingerprint density at radius 1 is 1.43 bits per heavy atom. The number of hydrogen-bond donors (Lipinski definition) is 2. The van der Waals surface area contributed by atoms with Crippen LogP contribution in [0.1, 0.15) is 5.56 Å². The minimum absolute atomic E-state index is 0.126. The van der Waals surface area contributed by atoms with Crippen molar-refractivity contribution >= 4 is 12.2 Å². The highest BCUT2D eigenvalue weighted by molar-refractivity contribution is 5.65. The Morgan fingerprint density at radius 2 is 2.14 bits per heavy atom. The van der Waals surface area contributed by atoms with Crippen molar-refractivity contribution in [3.63, 3.8) is 0 Å². The zero-order valence-electron chi connectivity index (χ0n) is 7.51. The van der Waals surface area contributed by atoms with Crippen molar-refractivity contribution in [3.05, 3.63) is 42.0 Å². The van der Waals surface area contributed by atoms with Gasteiger partial charge in [-0.1, -0.05) is 36.4 Å². The van der Waals surface area contributed by atoms with E-state index in [0.29, 0.717) is 0 Å². The van der Waals surface area contributed by atoms with E-state index in [1.807, 2.05) is 36.4 Å². The van der Waals surface area contributed by atoms with Crippen molar-refractivity contribution in [2.24, 2.45) is 0 Å². The molecule has 0 aromatic heterocycles. The minimum Gasteiger partial charge on any atom is -0.444 e. The predicted molar refractivity (Wildman–Crippen MR) is 51.7 cm³/mol. The van der Waals surface area contributed by atoms with Crippen LogP contribution in [0.3, 0.4) is 0 Å². The molecule has 0 saturated heterocycles. The topological polar surface area (TPSA) is 58.6 Å². The number of amides is 1. The maximum atomic E-state index is 10.4. The van der Waals surface area contributed by atoms with Gasteiger partial charge < -0.3 is 4.74 Å². The highest BCUT2D eigenvalue weighted by Crippen LogP contribution is 2.00. The molecule has 1 amide bonds. The summed E-state index contributed by atoms with van der Waals surface area (Å²) < 4.78 is 4.53. The van der Waals surface area contributed by atoms with Gasteiger partial charge in [-0.05, 0) is 11.6 Å². The van der Waals surface area contributed by atoms with E-state index in [1.54, 1.807) is 6.08 Å². The molecular weight excluding hydrogens is 182 g/mol. The van der Waals surface area contributed by atoms with E-state index in [4.69, 9.17) is 5.21 Å². The van der Waals surface area contributed by atoms with Crippen molar-refractivity contribution in [1.29, 1.82) is 0 Å². The zero-order chi connectivity index (χ0) is 10.2. The Bertz CT molecular complexity index is 308. The van der Waals surface area contributed by atoms with E-state index in [0.717, 1.165) is 5.56 Å². The maximum absolute atomic E-state index is 10.4. The second-order valence-electron chi connectivity index (χ2n) is 2.52. The lowest BCUT2D eigenvalue weighted by molar-refractivity contribution is 0.0970. The Morgan fingerprint density at radius 3 is 2.79 bits per heavy atom. The van der Waals surface area contributed by atoms with Crippen molar-refractivity contribution in [2.75, 3.05) is 6.61 Å². The van der Waals surface area contributed by atoms with Crippen molar-refractivity contribution in [2.45, 2.75) is 0 Å². The molecule has 0 fully saturated rings. The first-order valence-electron chi connectivity index (χ1n) is 4.11. The fraction of sp³-hybridized carbons (Fsp3) is 0.100. The van der Waals surface area contributed by atoms with E-state index in [-0.39, 0.29) is 6.61 Å². The number of hydroxylamine groups is 1. The largest absolute Gasteiger partial charge is 0.444 e. The highest BCUT2D eigenvalue weighted by Gasteiger charge is 1.93. The van der Waals surface area contributed by atoms with E-state index in [2.05, 4.69) is 4.74 Å². The van der Waals surface area contributed by atoms with Crippen LogP contribution in [0.25, 0.3) is 6.08 Å². The Hall–Kier alpha value is -1.81. The van der Waals surface area contributed by atoms with Gasteiger partial charge >= 0.3 is 6.09 Å². The summed E-state index contributed by atoms with van der Waals surface area (Å²) in [6, 6.07) is 9.63. The third-order valence-corrected chi connectivity index (χ3v) is 1.51. The van der Waals surface area contributed by atoms with Crippen LogP contribution >= 0.6 is 0 Å². The second-order valence-corrected chi connectivity index (χ2v) is 2.52. The molecule has 0 heterocycles. The second kappa shape index (κ2) is 5.77. The number of rotatable bonds is 3. The summed E-state index contributed by atoms with van der Waals surface area (Å²) in [5.74, 6) is 0. The van der Waals surface area contributed by atoms with Gasteiger partial charge in [0.15, 0.2) is 0 Å². The molecule has 1 aromatic carbocycles. The van der Waals surface area contributed by atoms with Crippen LogP contribution in [-0.4, -0.2) is 17.9 Å². The molecule has 4 heteroatoms. The van der Waals surface area contributed by atoms with Gasteiger partial charge in [0.2, 0.25) is 0 Å². The molecule has 2 N–H and O–H groups in total. The molecule has 0 radical (unpaired) electrons. The van der Waals surface area contributed by atoms with Gasteiger partial charge in [-0.15, -0.1) is 0 Å². The van der Waals surface area contributed by atoms with Crippen LogP contribution in [0.4, 0.5) is 4.79 Å². The molecule has 14 heavy (non-hydrogen) atoms. The summed E-state index contributed by atoms with van der Waals surface area (Å²) in [7, 11) is 0. The van der Waals surface area contributed by atoms with E-state index < -0.39 is 6.09 Å². The van der Waals surface area contributed by atoms with E-state index in [1.165, 1.54) is 5.48 Å². The summed E-state index contributed by atoms with van der Waals surface area (Å²) in [4.78, 5) is 10.4. The lowest BCUT2D eigenvalue weighted by Crippen LogP contribution is -2.19. The lowest BCUT2D eigenvalue weighted by atomic mass is 10.2. The quantitative estimate of drug-likeness (QED) is 0.568. The Balaban J connectivity index is 2.31. The van der Waals surface area contributed by atoms with Gasteiger partial charge in [0.05, 0.1) is 0 Å². The summed E-state index contributed by atoms with van der Waals surface area (Å²) >= 11 is 0. The van der Waals surface area contributed by atoms with Crippen LogP contribution in [0.5, 0.6) is 0 Å². The van der Waals surface area contributed by atoms with Crippen LogP contribution in [0, 0.1) is 0 Å². The molecule has 0 atom stereocenters. The molecule has 1 aromatic rings. The van der Waals surface area contributed by atoms with Crippen LogP contribution in [0.2, 0.25) is 0 Å². The number of carbonyl (C=O) groups is 1. The number of benzene rings is 1. The first-order chi connectivity index (χ1) is 6.83. The Labute approximate surface area is 81.8 Å². The number of carbonyl (C=O) groups excluding carboxylic acids is 1. The summed E-state index contributed by atoms with van der Waals surface area (Å²) in [6.45, 7) is 0.126. The monoisotopic (exact) mass is 193 g/mol. The average molecular weight is 193 g/mol. The molecule has 0 aliphatic rings. The van der Waals surface area contributed by atoms with Gasteiger partial charge in [-0.25, -0.2) is 10.3 Å². The van der Waals surface area contributed by atoms with Gasteiger partial charge in [0.25, 0.3) is 0 Å².